The molecule has 2 rings (SSSR count). The first-order chi connectivity index (χ1) is 6.77. The van der Waals surface area contributed by atoms with E-state index in [0.717, 1.165) is 12.3 Å². The molecule has 1 aliphatic rings. The van der Waals surface area contributed by atoms with Crippen LogP contribution in [0, 0.1) is 0 Å². The largest absolute Gasteiger partial charge is 0.495 e. The number of methoxy groups -OCH3 is 1. The molecule has 1 aromatic rings. The van der Waals surface area contributed by atoms with Gasteiger partial charge in [0, 0.05) is 13.6 Å². The lowest BCUT2D eigenvalue weighted by Gasteiger charge is -2.14. The summed E-state index contributed by atoms with van der Waals surface area (Å²) in [6, 6.07) is 6.63. The van der Waals surface area contributed by atoms with Gasteiger partial charge in [-0.3, -0.25) is 0 Å². The maximum Gasteiger partial charge on any atom is 0.142 e. The predicted octanol–water partition coefficient (Wildman–Crippen LogP) is 1.41. The minimum absolute atomic E-state index is 0.421. The van der Waals surface area contributed by atoms with Crippen molar-refractivity contribution in [1.82, 2.24) is 5.32 Å². The zero-order chi connectivity index (χ0) is 10.1. The van der Waals surface area contributed by atoms with E-state index in [1.807, 2.05) is 19.2 Å². The lowest BCUT2D eigenvalue weighted by atomic mass is 10.1. The summed E-state index contributed by atoms with van der Waals surface area (Å²) >= 11 is 0. The molecule has 14 heavy (non-hydrogen) atoms. The molecule has 1 aromatic carbocycles. The van der Waals surface area contributed by atoms with Crippen molar-refractivity contribution in [2.45, 2.75) is 6.04 Å². The van der Waals surface area contributed by atoms with Gasteiger partial charge >= 0.3 is 0 Å². The second kappa shape index (κ2) is 3.50. The minimum Gasteiger partial charge on any atom is -0.495 e. The van der Waals surface area contributed by atoms with Crippen LogP contribution < -0.4 is 15.0 Å². The fourth-order valence-electron chi connectivity index (χ4n) is 2.10. The molecule has 3 nitrogen and oxygen atoms in total. The zero-order valence-electron chi connectivity index (χ0n) is 8.87. The van der Waals surface area contributed by atoms with Crippen LogP contribution in [0.25, 0.3) is 0 Å². The Balaban J connectivity index is 2.49. The van der Waals surface area contributed by atoms with E-state index in [1.165, 1.54) is 11.3 Å². The molecule has 0 saturated heterocycles. The molecule has 1 N–H and O–H groups in total. The molecule has 1 heterocycles. The number of rotatable bonds is 2. The van der Waals surface area contributed by atoms with Crippen LogP contribution in [-0.2, 0) is 0 Å². The van der Waals surface area contributed by atoms with Gasteiger partial charge in [0.2, 0.25) is 0 Å². The summed E-state index contributed by atoms with van der Waals surface area (Å²) in [4.78, 5) is 2.23. The number of nitrogens with zero attached hydrogens (tertiary/aromatic N) is 1. The highest BCUT2D eigenvalue weighted by atomic mass is 16.5. The molecule has 1 unspecified atom stereocenters. The van der Waals surface area contributed by atoms with Crippen LogP contribution in [0.2, 0.25) is 0 Å². The molecule has 0 saturated carbocycles. The number of nitrogens with one attached hydrogen (secondary N) is 1. The topological polar surface area (TPSA) is 24.5 Å². The van der Waals surface area contributed by atoms with Crippen molar-refractivity contribution in [3.8, 4) is 5.75 Å². The van der Waals surface area contributed by atoms with Gasteiger partial charge in [-0.2, -0.15) is 0 Å². The number of fused-ring (bicyclic) bond motifs is 1. The third kappa shape index (κ3) is 1.24. The fourth-order valence-corrected chi connectivity index (χ4v) is 2.10. The van der Waals surface area contributed by atoms with E-state index in [0.29, 0.717) is 6.04 Å². The number of likely N-dealkylation sites (N-methyl/N-ethyl adjacent to an activating group) is 2. The number of anilines is 1. The van der Waals surface area contributed by atoms with Gasteiger partial charge in [-0.15, -0.1) is 0 Å². The Morgan fingerprint density at radius 2 is 2.29 bits per heavy atom. The molecule has 0 bridgehead atoms. The minimum atomic E-state index is 0.421. The highest BCUT2D eigenvalue weighted by Crippen LogP contribution is 2.40. The van der Waals surface area contributed by atoms with Gasteiger partial charge in [0.25, 0.3) is 0 Å². The zero-order valence-corrected chi connectivity index (χ0v) is 8.87. The van der Waals surface area contributed by atoms with E-state index in [-0.39, 0.29) is 0 Å². The van der Waals surface area contributed by atoms with Gasteiger partial charge in [0.15, 0.2) is 0 Å². The lowest BCUT2D eigenvalue weighted by Crippen LogP contribution is -2.22. The van der Waals surface area contributed by atoms with Crippen molar-refractivity contribution in [3.05, 3.63) is 23.8 Å². The molecule has 1 atom stereocenters. The van der Waals surface area contributed by atoms with Crippen molar-refractivity contribution >= 4 is 5.69 Å². The molecular weight excluding hydrogens is 176 g/mol. The Kier molecular flexibility index (Phi) is 2.33. The SMILES string of the molecule is CNC1CN(C)c2c(OC)cccc21. The van der Waals surface area contributed by atoms with Crippen molar-refractivity contribution in [2.75, 3.05) is 32.6 Å². The Morgan fingerprint density at radius 1 is 1.50 bits per heavy atom. The van der Waals surface area contributed by atoms with E-state index in [4.69, 9.17) is 4.74 Å². The summed E-state index contributed by atoms with van der Waals surface area (Å²) in [6.07, 6.45) is 0. The van der Waals surface area contributed by atoms with Gasteiger partial charge in [0.05, 0.1) is 18.8 Å². The smallest absolute Gasteiger partial charge is 0.142 e. The molecular formula is C11H16N2O. The van der Waals surface area contributed by atoms with Crippen LogP contribution >= 0.6 is 0 Å². The highest BCUT2D eigenvalue weighted by molar-refractivity contribution is 5.68. The maximum absolute atomic E-state index is 5.35. The van der Waals surface area contributed by atoms with Gasteiger partial charge in [0.1, 0.15) is 5.75 Å². The van der Waals surface area contributed by atoms with Crippen LogP contribution in [0.1, 0.15) is 11.6 Å². The first kappa shape index (κ1) is 9.34. The second-order valence-electron chi connectivity index (χ2n) is 3.62. The number of hydrogen-bond acceptors (Lipinski definition) is 3. The maximum atomic E-state index is 5.35. The Bertz CT molecular complexity index is 338. The van der Waals surface area contributed by atoms with Crippen LogP contribution in [0.3, 0.4) is 0 Å². The molecule has 76 valence electrons. The summed E-state index contributed by atoms with van der Waals surface area (Å²) in [7, 11) is 5.81. The second-order valence-corrected chi connectivity index (χ2v) is 3.62. The van der Waals surface area contributed by atoms with E-state index in [2.05, 4.69) is 23.3 Å². The first-order valence-electron chi connectivity index (χ1n) is 4.83. The van der Waals surface area contributed by atoms with Crippen LogP contribution in [0.5, 0.6) is 5.75 Å². The average molecular weight is 192 g/mol. The summed E-state index contributed by atoms with van der Waals surface area (Å²) in [5.41, 5.74) is 2.55. The summed E-state index contributed by atoms with van der Waals surface area (Å²) in [5, 5.41) is 3.30. The van der Waals surface area contributed by atoms with Gasteiger partial charge in [-0.1, -0.05) is 12.1 Å². The fraction of sp³-hybridized carbons (Fsp3) is 0.455. The molecule has 0 fully saturated rings. The predicted molar refractivity (Wildman–Crippen MR) is 58.1 cm³/mol. The number of para-hydroxylation sites is 1. The van der Waals surface area contributed by atoms with Gasteiger partial charge in [-0.25, -0.2) is 0 Å². The summed E-state index contributed by atoms with van der Waals surface area (Å²) in [5.74, 6) is 0.961. The van der Waals surface area contributed by atoms with Crippen LogP contribution in [0.4, 0.5) is 5.69 Å². The number of ether oxygens (including phenoxy) is 1. The Hall–Kier alpha value is -1.22. The lowest BCUT2D eigenvalue weighted by molar-refractivity contribution is 0.415. The van der Waals surface area contributed by atoms with Gasteiger partial charge in [-0.05, 0) is 18.7 Å². The Morgan fingerprint density at radius 3 is 2.93 bits per heavy atom. The molecule has 0 aromatic heterocycles. The molecule has 0 aliphatic carbocycles. The molecule has 3 heteroatoms. The van der Waals surface area contributed by atoms with Crippen molar-refractivity contribution < 1.29 is 4.74 Å². The van der Waals surface area contributed by atoms with E-state index < -0.39 is 0 Å². The number of hydrogen-bond donors (Lipinski definition) is 1. The average Bonchev–Trinajstić information content (AvgIpc) is 2.55. The third-order valence-electron chi connectivity index (χ3n) is 2.81. The van der Waals surface area contributed by atoms with Gasteiger partial charge < -0.3 is 15.0 Å². The van der Waals surface area contributed by atoms with Crippen LogP contribution in [-0.4, -0.2) is 27.7 Å². The van der Waals surface area contributed by atoms with E-state index >= 15 is 0 Å². The standard InChI is InChI=1S/C11H16N2O/c1-12-9-7-13(2)11-8(9)5-4-6-10(11)14-3/h4-6,9,12H,7H2,1-3H3. The molecule has 1 aliphatic heterocycles. The molecule has 0 amide bonds. The Labute approximate surface area is 84.7 Å². The quantitative estimate of drug-likeness (QED) is 0.766. The van der Waals surface area contributed by atoms with E-state index in [9.17, 15) is 0 Å². The van der Waals surface area contributed by atoms with Crippen molar-refractivity contribution in [2.24, 2.45) is 0 Å². The third-order valence-corrected chi connectivity index (χ3v) is 2.81. The number of benzene rings is 1. The van der Waals surface area contributed by atoms with E-state index in [1.54, 1.807) is 7.11 Å². The molecule has 0 spiro atoms. The summed E-state index contributed by atoms with van der Waals surface area (Å²) in [6.45, 7) is 1.01. The first-order valence-corrected chi connectivity index (χ1v) is 4.83. The molecule has 0 radical (unpaired) electrons. The monoisotopic (exact) mass is 192 g/mol. The van der Waals surface area contributed by atoms with Crippen molar-refractivity contribution in [3.63, 3.8) is 0 Å². The van der Waals surface area contributed by atoms with Crippen LogP contribution in [0.15, 0.2) is 18.2 Å². The van der Waals surface area contributed by atoms with Crippen molar-refractivity contribution in [1.29, 1.82) is 0 Å². The summed E-state index contributed by atoms with van der Waals surface area (Å²) < 4.78 is 5.35. The highest BCUT2D eigenvalue weighted by Gasteiger charge is 2.27. The normalized spacial score (nSPS) is 19.6.